The summed E-state index contributed by atoms with van der Waals surface area (Å²) in [7, 11) is 1.92. The fraction of sp³-hybridized carbons (Fsp3) is 0.714. The highest BCUT2D eigenvalue weighted by atomic mass is 16.5. The molecule has 1 rings (SSSR count). The van der Waals surface area contributed by atoms with E-state index in [4.69, 9.17) is 4.52 Å². The number of nitrogens with zero attached hydrogens (tertiary/aromatic N) is 2. The molecule has 0 saturated carbocycles. The Labute approximate surface area is 71.5 Å². The van der Waals surface area contributed by atoms with Crippen LogP contribution in [-0.4, -0.2) is 30.3 Å². The minimum atomic E-state index is 0.641. The molecule has 5 nitrogen and oxygen atoms in total. The first kappa shape index (κ1) is 9.15. The van der Waals surface area contributed by atoms with Crippen molar-refractivity contribution in [3.63, 3.8) is 0 Å². The summed E-state index contributed by atoms with van der Waals surface area (Å²) in [6.07, 6.45) is 0. The highest BCUT2D eigenvalue weighted by Gasteiger charge is 1.99. The normalized spacial score (nSPS) is 10.5. The number of hydrogen-bond donors (Lipinski definition) is 2. The van der Waals surface area contributed by atoms with Crippen molar-refractivity contribution in [2.75, 3.05) is 20.1 Å². The van der Waals surface area contributed by atoms with Crippen molar-refractivity contribution in [1.82, 2.24) is 20.8 Å². The average Bonchev–Trinajstić information content (AvgIpc) is 2.45. The fourth-order valence-corrected chi connectivity index (χ4v) is 0.821. The van der Waals surface area contributed by atoms with Gasteiger partial charge in [0.1, 0.15) is 0 Å². The van der Waals surface area contributed by atoms with E-state index < -0.39 is 0 Å². The minimum Gasteiger partial charge on any atom is -0.338 e. The zero-order chi connectivity index (χ0) is 8.81. The van der Waals surface area contributed by atoms with Crippen LogP contribution < -0.4 is 10.6 Å². The molecule has 0 aliphatic rings. The third-order valence-electron chi connectivity index (χ3n) is 1.40. The Morgan fingerprint density at radius 2 is 2.25 bits per heavy atom. The first-order valence-corrected chi connectivity index (χ1v) is 3.97. The lowest BCUT2D eigenvalue weighted by Crippen LogP contribution is -2.24. The maximum absolute atomic E-state index is 4.90. The van der Waals surface area contributed by atoms with Crippen LogP contribution >= 0.6 is 0 Å². The van der Waals surface area contributed by atoms with Crippen LogP contribution in [0.3, 0.4) is 0 Å². The highest BCUT2D eigenvalue weighted by Crippen LogP contribution is 1.93. The molecule has 0 unspecified atom stereocenters. The number of aromatic nitrogens is 2. The third kappa shape index (κ3) is 2.98. The second-order valence-electron chi connectivity index (χ2n) is 2.52. The molecule has 2 N–H and O–H groups in total. The summed E-state index contributed by atoms with van der Waals surface area (Å²) in [5, 5.41) is 9.86. The van der Waals surface area contributed by atoms with Gasteiger partial charge in [-0.15, -0.1) is 0 Å². The maximum Gasteiger partial charge on any atom is 0.240 e. The molecule has 1 aromatic rings. The molecule has 68 valence electrons. The largest absolute Gasteiger partial charge is 0.338 e. The van der Waals surface area contributed by atoms with Crippen LogP contribution in [0, 0.1) is 6.92 Å². The maximum atomic E-state index is 4.90. The first-order valence-electron chi connectivity index (χ1n) is 3.97. The van der Waals surface area contributed by atoms with Gasteiger partial charge in [0.15, 0.2) is 5.82 Å². The van der Waals surface area contributed by atoms with Crippen LogP contribution in [0.2, 0.25) is 0 Å². The van der Waals surface area contributed by atoms with Gasteiger partial charge in [-0.1, -0.05) is 5.16 Å². The number of likely N-dealkylation sites (N-methyl/N-ethyl adjacent to an activating group) is 1. The second-order valence-corrected chi connectivity index (χ2v) is 2.52. The predicted molar refractivity (Wildman–Crippen MR) is 44.7 cm³/mol. The zero-order valence-electron chi connectivity index (χ0n) is 7.42. The summed E-state index contributed by atoms with van der Waals surface area (Å²) < 4.78 is 4.90. The van der Waals surface area contributed by atoms with Gasteiger partial charge in [0.05, 0.1) is 6.54 Å². The Morgan fingerprint density at radius 3 is 2.83 bits per heavy atom. The van der Waals surface area contributed by atoms with Crippen molar-refractivity contribution < 1.29 is 4.52 Å². The summed E-state index contributed by atoms with van der Waals surface area (Å²) in [5.41, 5.74) is 0. The quantitative estimate of drug-likeness (QED) is 0.593. The number of aryl methyl sites for hydroxylation is 1. The van der Waals surface area contributed by atoms with E-state index in [0.29, 0.717) is 18.3 Å². The van der Waals surface area contributed by atoms with Gasteiger partial charge in [-0.05, 0) is 14.0 Å². The van der Waals surface area contributed by atoms with Crippen molar-refractivity contribution >= 4 is 0 Å². The van der Waals surface area contributed by atoms with E-state index >= 15 is 0 Å². The van der Waals surface area contributed by atoms with Gasteiger partial charge >= 0.3 is 0 Å². The van der Waals surface area contributed by atoms with Crippen LogP contribution in [0.1, 0.15) is 11.7 Å². The van der Waals surface area contributed by atoms with Gasteiger partial charge in [0.25, 0.3) is 0 Å². The van der Waals surface area contributed by atoms with E-state index in [0.717, 1.165) is 13.1 Å². The molecule has 0 spiro atoms. The van der Waals surface area contributed by atoms with Crippen LogP contribution in [0.4, 0.5) is 0 Å². The van der Waals surface area contributed by atoms with E-state index in [2.05, 4.69) is 20.8 Å². The van der Waals surface area contributed by atoms with E-state index in [1.54, 1.807) is 6.92 Å². The summed E-state index contributed by atoms with van der Waals surface area (Å²) in [6.45, 7) is 4.29. The summed E-state index contributed by atoms with van der Waals surface area (Å²) in [6, 6.07) is 0. The van der Waals surface area contributed by atoms with E-state index in [9.17, 15) is 0 Å². The molecular formula is C7H14N4O. The zero-order valence-corrected chi connectivity index (χ0v) is 7.42. The molecule has 12 heavy (non-hydrogen) atoms. The lowest BCUT2D eigenvalue weighted by atomic mass is 10.5. The Balaban J connectivity index is 2.15. The monoisotopic (exact) mass is 170 g/mol. The smallest absolute Gasteiger partial charge is 0.240 e. The molecule has 5 heteroatoms. The molecule has 0 radical (unpaired) electrons. The van der Waals surface area contributed by atoms with Crippen molar-refractivity contribution in [3.05, 3.63) is 11.7 Å². The van der Waals surface area contributed by atoms with Crippen LogP contribution in [-0.2, 0) is 6.54 Å². The van der Waals surface area contributed by atoms with Crippen LogP contribution in [0.5, 0.6) is 0 Å². The van der Waals surface area contributed by atoms with E-state index in [1.807, 2.05) is 7.05 Å². The van der Waals surface area contributed by atoms with Gasteiger partial charge < -0.3 is 15.2 Å². The molecule has 1 aromatic heterocycles. The summed E-state index contributed by atoms with van der Waals surface area (Å²) in [4.78, 5) is 4.05. The van der Waals surface area contributed by atoms with Gasteiger partial charge in [0.2, 0.25) is 5.89 Å². The Bertz CT molecular complexity index is 223. The van der Waals surface area contributed by atoms with E-state index in [-0.39, 0.29) is 0 Å². The van der Waals surface area contributed by atoms with Gasteiger partial charge in [0, 0.05) is 13.1 Å². The Hall–Kier alpha value is -0.940. The van der Waals surface area contributed by atoms with Crippen molar-refractivity contribution in [2.45, 2.75) is 13.5 Å². The van der Waals surface area contributed by atoms with Gasteiger partial charge in [-0.25, -0.2) is 0 Å². The standard InChI is InChI=1S/C7H14N4O/c1-6-10-7(12-11-6)5-9-4-3-8-2/h8-9H,3-5H2,1-2H3. The summed E-state index contributed by atoms with van der Waals surface area (Å²) >= 11 is 0. The molecule has 0 aliphatic heterocycles. The molecule has 0 saturated heterocycles. The molecule has 0 aromatic carbocycles. The van der Waals surface area contributed by atoms with Crippen LogP contribution in [0.15, 0.2) is 4.52 Å². The predicted octanol–water partition coefficient (Wildman–Crippen LogP) is -0.313. The molecular weight excluding hydrogens is 156 g/mol. The number of nitrogens with one attached hydrogen (secondary N) is 2. The SMILES string of the molecule is CNCCNCc1nc(C)no1. The lowest BCUT2D eigenvalue weighted by Gasteiger charge is -1.98. The first-order chi connectivity index (χ1) is 5.83. The Kier molecular flexibility index (Phi) is 3.69. The fourth-order valence-electron chi connectivity index (χ4n) is 0.821. The van der Waals surface area contributed by atoms with Crippen molar-refractivity contribution in [2.24, 2.45) is 0 Å². The van der Waals surface area contributed by atoms with Gasteiger partial charge in [-0.2, -0.15) is 4.98 Å². The van der Waals surface area contributed by atoms with Crippen molar-refractivity contribution in [3.8, 4) is 0 Å². The third-order valence-corrected chi connectivity index (χ3v) is 1.40. The Morgan fingerprint density at radius 1 is 1.42 bits per heavy atom. The molecule has 0 amide bonds. The molecule has 0 fully saturated rings. The highest BCUT2D eigenvalue weighted by molar-refractivity contribution is 4.81. The molecule has 0 aliphatic carbocycles. The molecule has 0 bridgehead atoms. The van der Waals surface area contributed by atoms with E-state index in [1.165, 1.54) is 0 Å². The summed E-state index contributed by atoms with van der Waals surface area (Å²) in [5.74, 6) is 1.32. The second kappa shape index (κ2) is 4.84. The number of rotatable bonds is 5. The van der Waals surface area contributed by atoms with Crippen LogP contribution in [0.25, 0.3) is 0 Å². The van der Waals surface area contributed by atoms with Crippen molar-refractivity contribution in [1.29, 1.82) is 0 Å². The number of hydrogen-bond acceptors (Lipinski definition) is 5. The average molecular weight is 170 g/mol. The minimum absolute atomic E-state index is 0.641. The molecule has 1 heterocycles. The molecule has 0 atom stereocenters. The van der Waals surface area contributed by atoms with Gasteiger partial charge in [-0.3, -0.25) is 0 Å². The lowest BCUT2D eigenvalue weighted by molar-refractivity contribution is 0.364. The topological polar surface area (TPSA) is 63.0 Å².